The van der Waals surface area contributed by atoms with Crippen molar-refractivity contribution < 1.29 is 19.2 Å². The third-order valence-corrected chi connectivity index (χ3v) is 6.46. The molecule has 2 aliphatic heterocycles. The molecule has 0 bridgehead atoms. The zero-order chi connectivity index (χ0) is 21.6. The fraction of sp³-hybridized carbons (Fsp3) is 0.364. The second-order valence-electron chi connectivity index (χ2n) is 7.98. The monoisotopic (exact) mass is 428 g/mol. The first-order valence-corrected chi connectivity index (χ1v) is 10.1. The number of halogens is 1. The van der Waals surface area contributed by atoms with E-state index in [4.69, 9.17) is 16.3 Å². The molecule has 0 N–H and O–H groups in total. The summed E-state index contributed by atoms with van der Waals surface area (Å²) in [6, 6.07) is 7.59. The first kappa shape index (κ1) is 20.3. The summed E-state index contributed by atoms with van der Waals surface area (Å²) >= 11 is 6.13. The molecule has 2 heterocycles. The molecule has 0 aliphatic carbocycles. The fourth-order valence-electron chi connectivity index (χ4n) is 4.14. The first-order valence-electron chi connectivity index (χ1n) is 9.76. The number of nitro benzene ring substituents is 1. The number of hydrogen-bond donors (Lipinski definition) is 0. The van der Waals surface area contributed by atoms with Crippen LogP contribution in [0.1, 0.15) is 51.1 Å². The number of Topliss-reactive ketones (excluding diaryl/α,β-unsaturated/α-hetero) is 1. The molecule has 2 aromatic rings. The lowest BCUT2D eigenvalue weighted by Crippen LogP contribution is -2.52. The second kappa shape index (κ2) is 7.40. The molecule has 1 amide bonds. The van der Waals surface area contributed by atoms with Gasteiger partial charge in [-0.2, -0.15) is 0 Å². The van der Waals surface area contributed by atoms with E-state index in [1.807, 2.05) is 26.0 Å². The number of carbonyl (C=O) groups excluding carboxylic acids is 2. The van der Waals surface area contributed by atoms with Gasteiger partial charge in [-0.25, -0.2) is 0 Å². The maximum atomic E-state index is 12.9. The van der Waals surface area contributed by atoms with E-state index in [1.54, 1.807) is 4.90 Å². The molecule has 2 aromatic carbocycles. The highest BCUT2D eigenvalue weighted by Crippen LogP contribution is 2.42. The van der Waals surface area contributed by atoms with Gasteiger partial charge >= 0.3 is 0 Å². The van der Waals surface area contributed by atoms with Crippen molar-refractivity contribution in [2.75, 3.05) is 13.1 Å². The smallest absolute Gasteiger partial charge is 0.270 e. The maximum absolute atomic E-state index is 12.9. The minimum Gasteiger partial charge on any atom is -0.486 e. The average Bonchev–Trinajstić information content (AvgIpc) is 2.71. The van der Waals surface area contributed by atoms with Gasteiger partial charge in [0.25, 0.3) is 11.6 Å². The number of ketones is 1. The Balaban J connectivity index is 1.54. The predicted molar refractivity (Wildman–Crippen MR) is 111 cm³/mol. The predicted octanol–water partition coefficient (Wildman–Crippen LogP) is 4.51. The minimum atomic E-state index is -0.633. The van der Waals surface area contributed by atoms with Crippen LogP contribution >= 0.6 is 11.6 Å². The summed E-state index contributed by atoms with van der Waals surface area (Å²) in [6.07, 6.45) is 1.29. The van der Waals surface area contributed by atoms with E-state index in [-0.39, 0.29) is 34.4 Å². The van der Waals surface area contributed by atoms with Crippen molar-refractivity contribution in [2.24, 2.45) is 0 Å². The van der Waals surface area contributed by atoms with Gasteiger partial charge in [0, 0.05) is 38.1 Å². The average molecular weight is 429 g/mol. The van der Waals surface area contributed by atoms with Gasteiger partial charge in [0.15, 0.2) is 5.78 Å². The SMILES string of the molecule is Cc1ccc2c(c1C)OC1(CCN(C(=O)c3cc([N+](=O)[O-])ccc3Cl)CC1)CC2=O. The Labute approximate surface area is 178 Å². The quantitative estimate of drug-likeness (QED) is 0.518. The van der Waals surface area contributed by atoms with Gasteiger partial charge < -0.3 is 9.64 Å². The standard InChI is InChI=1S/C22H21ClN2O5/c1-13-3-5-16-19(26)12-22(30-20(16)14(13)2)7-9-24(10-8-22)21(27)17-11-15(25(28)29)4-6-18(17)23/h3-6,11H,7-10,12H2,1-2H3. The van der Waals surface area contributed by atoms with Gasteiger partial charge in [0.2, 0.25) is 0 Å². The van der Waals surface area contributed by atoms with Crippen LogP contribution in [-0.4, -0.2) is 40.2 Å². The number of nitrogens with zero attached hydrogens (tertiary/aromatic N) is 2. The molecule has 30 heavy (non-hydrogen) atoms. The Kier molecular flexibility index (Phi) is 5.02. The highest BCUT2D eigenvalue weighted by atomic mass is 35.5. The molecular weight excluding hydrogens is 408 g/mol. The van der Waals surface area contributed by atoms with Crippen molar-refractivity contribution in [1.82, 2.24) is 4.90 Å². The summed E-state index contributed by atoms with van der Waals surface area (Å²) in [7, 11) is 0. The number of benzene rings is 2. The van der Waals surface area contributed by atoms with Crippen molar-refractivity contribution in [1.29, 1.82) is 0 Å². The highest BCUT2D eigenvalue weighted by Gasteiger charge is 2.44. The molecule has 7 nitrogen and oxygen atoms in total. The number of non-ortho nitro benzene ring substituents is 1. The normalized spacial score (nSPS) is 17.4. The summed E-state index contributed by atoms with van der Waals surface area (Å²) in [5.41, 5.74) is 1.93. The van der Waals surface area contributed by atoms with Gasteiger partial charge in [-0.1, -0.05) is 17.7 Å². The molecule has 1 fully saturated rings. The zero-order valence-electron chi connectivity index (χ0n) is 16.7. The van der Waals surface area contributed by atoms with Crippen molar-refractivity contribution in [3.05, 3.63) is 67.7 Å². The zero-order valence-corrected chi connectivity index (χ0v) is 17.5. The van der Waals surface area contributed by atoms with Crippen LogP contribution in [0.5, 0.6) is 5.75 Å². The molecule has 1 saturated heterocycles. The number of amides is 1. The lowest BCUT2D eigenvalue weighted by atomic mass is 9.81. The summed E-state index contributed by atoms with van der Waals surface area (Å²) in [6.45, 7) is 4.69. The minimum absolute atomic E-state index is 0.0563. The molecule has 0 unspecified atom stereocenters. The van der Waals surface area contributed by atoms with Crippen LogP contribution in [0, 0.1) is 24.0 Å². The summed E-state index contributed by atoms with van der Waals surface area (Å²) in [4.78, 5) is 37.8. The first-order chi connectivity index (χ1) is 14.2. The lowest BCUT2D eigenvalue weighted by molar-refractivity contribution is -0.384. The molecule has 8 heteroatoms. The van der Waals surface area contributed by atoms with Gasteiger partial charge in [-0.05, 0) is 37.1 Å². The van der Waals surface area contributed by atoms with Crippen molar-refractivity contribution in [3.63, 3.8) is 0 Å². The van der Waals surface area contributed by atoms with Crippen LogP contribution in [0.2, 0.25) is 5.02 Å². The molecule has 1 spiro atoms. The van der Waals surface area contributed by atoms with E-state index in [2.05, 4.69) is 0 Å². The van der Waals surface area contributed by atoms with Crippen molar-refractivity contribution in [3.8, 4) is 5.75 Å². The van der Waals surface area contributed by atoms with Crippen LogP contribution in [0.15, 0.2) is 30.3 Å². The Bertz CT molecular complexity index is 1070. The van der Waals surface area contributed by atoms with E-state index in [1.165, 1.54) is 18.2 Å². The largest absolute Gasteiger partial charge is 0.486 e. The van der Waals surface area contributed by atoms with Gasteiger partial charge in [0.05, 0.1) is 27.5 Å². The number of carbonyl (C=O) groups is 2. The van der Waals surface area contributed by atoms with Crippen molar-refractivity contribution >= 4 is 29.0 Å². The topological polar surface area (TPSA) is 89.8 Å². The van der Waals surface area contributed by atoms with E-state index >= 15 is 0 Å². The van der Waals surface area contributed by atoms with Gasteiger partial charge in [-0.3, -0.25) is 19.7 Å². The Morgan fingerprint density at radius 2 is 1.90 bits per heavy atom. The number of likely N-dealkylation sites (tertiary alicyclic amines) is 1. The Morgan fingerprint density at radius 1 is 1.20 bits per heavy atom. The molecule has 4 rings (SSSR count). The fourth-order valence-corrected chi connectivity index (χ4v) is 4.34. The number of piperidine rings is 1. The third kappa shape index (κ3) is 3.43. The molecule has 156 valence electrons. The number of rotatable bonds is 2. The third-order valence-electron chi connectivity index (χ3n) is 6.13. The Hall–Kier alpha value is -2.93. The van der Waals surface area contributed by atoms with Gasteiger partial charge in [-0.15, -0.1) is 0 Å². The van der Waals surface area contributed by atoms with Crippen LogP contribution < -0.4 is 4.74 Å². The summed E-state index contributed by atoms with van der Waals surface area (Å²) < 4.78 is 6.38. The number of fused-ring (bicyclic) bond motifs is 1. The molecular formula is C22H21ClN2O5. The maximum Gasteiger partial charge on any atom is 0.270 e. The molecule has 0 aromatic heterocycles. The summed E-state index contributed by atoms with van der Waals surface area (Å²) in [5, 5.41) is 11.2. The number of hydrogen-bond acceptors (Lipinski definition) is 5. The number of aryl methyl sites for hydroxylation is 1. The lowest BCUT2D eigenvalue weighted by Gasteiger charge is -2.44. The number of nitro groups is 1. The van der Waals surface area contributed by atoms with Crippen LogP contribution in [0.4, 0.5) is 5.69 Å². The van der Waals surface area contributed by atoms with E-state index in [9.17, 15) is 19.7 Å². The number of ether oxygens (including phenoxy) is 1. The van der Waals surface area contributed by atoms with Crippen LogP contribution in [0.25, 0.3) is 0 Å². The second-order valence-corrected chi connectivity index (χ2v) is 8.39. The molecule has 0 saturated carbocycles. The Morgan fingerprint density at radius 3 is 2.57 bits per heavy atom. The van der Waals surface area contributed by atoms with Crippen LogP contribution in [-0.2, 0) is 0 Å². The molecule has 0 atom stereocenters. The van der Waals surface area contributed by atoms with E-state index < -0.39 is 10.5 Å². The van der Waals surface area contributed by atoms with E-state index in [0.29, 0.717) is 37.2 Å². The molecule has 0 radical (unpaired) electrons. The van der Waals surface area contributed by atoms with Crippen LogP contribution in [0.3, 0.4) is 0 Å². The summed E-state index contributed by atoms with van der Waals surface area (Å²) in [5.74, 6) is 0.349. The molecule has 2 aliphatic rings. The van der Waals surface area contributed by atoms with Gasteiger partial charge in [0.1, 0.15) is 11.4 Å². The highest BCUT2D eigenvalue weighted by molar-refractivity contribution is 6.33. The van der Waals surface area contributed by atoms with E-state index in [0.717, 1.165) is 11.1 Å². The van der Waals surface area contributed by atoms with Crippen molar-refractivity contribution in [2.45, 2.75) is 38.7 Å².